The standard InChI is InChI=1S/C12H15ClF3NO/c13-11-4-1-3-10(7-11)8-17-5-2-6-18-9-12(14,15)16/h1,3-4,7,17H,2,5-6,8-9H2. The van der Waals surface area contributed by atoms with Crippen LogP contribution in [0.15, 0.2) is 24.3 Å². The largest absolute Gasteiger partial charge is 0.411 e. The number of benzene rings is 1. The van der Waals surface area contributed by atoms with Gasteiger partial charge in [-0.05, 0) is 30.7 Å². The van der Waals surface area contributed by atoms with Gasteiger partial charge in [-0.1, -0.05) is 23.7 Å². The fourth-order valence-corrected chi connectivity index (χ4v) is 1.58. The minimum Gasteiger partial charge on any atom is -0.372 e. The zero-order valence-corrected chi connectivity index (χ0v) is 10.5. The van der Waals surface area contributed by atoms with Crippen LogP contribution >= 0.6 is 11.6 Å². The van der Waals surface area contributed by atoms with Gasteiger partial charge in [0.25, 0.3) is 0 Å². The maximum Gasteiger partial charge on any atom is 0.411 e. The molecule has 0 bridgehead atoms. The lowest BCUT2D eigenvalue weighted by atomic mass is 10.2. The van der Waals surface area contributed by atoms with Crippen LogP contribution in [0.4, 0.5) is 13.2 Å². The molecule has 0 aliphatic rings. The highest BCUT2D eigenvalue weighted by molar-refractivity contribution is 6.30. The van der Waals surface area contributed by atoms with Crippen LogP contribution in [0.1, 0.15) is 12.0 Å². The molecule has 1 N–H and O–H groups in total. The second-order valence-corrected chi connectivity index (χ2v) is 4.26. The summed E-state index contributed by atoms with van der Waals surface area (Å²) in [5.74, 6) is 0. The van der Waals surface area contributed by atoms with Gasteiger partial charge in [0, 0.05) is 18.2 Å². The van der Waals surface area contributed by atoms with Gasteiger partial charge < -0.3 is 10.1 Å². The lowest BCUT2D eigenvalue weighted by Crippen LogP contribution is -2.20. The molecule has 0 fully saturated rings. The van der Waals surface area contributed by atoms with Gasteiger partial charge in [-0.25, -0.2) is 0 Å². The van der Waals surface area contributed by atoms with Gasteiger partial charge in [-0.15, -0.1) is 0 Å². The molecular weight excluding hydrogens is 267 g/mol. The number of ether oxygens (including phenoxy) is 1. The van der Waals surface area contributed by atoms with Gasteiger partial charge in [0.15, 0.2) is 0 Å². The van der Waals surface area contributed by atoms with Crippen molar-refractivity contribution in [3.8, 4) is 0 Å². The third-order valence-corrected chi connectivity index (χ3v) is 2.36. The van der Waals surface area contributed by atoms with Crippen LogP contribution in [-0.4, -0.2) is 25.9 Å². The lowest BCUT2D eigenvalue weighted by Gasteiger charge is -2.08. The van der Waals surface area contributed by atoms with E-state index in [0.29, 0.717) is 24.5 Å². The predicted molar refractivity (Wildman–Crippen MR) is 64.6 cm³/mol. The summed E-state index contributed by atoms with van der Waals surface area (Å²) in [4.78, 5) is 0. The van der Waals surface area contributed by atoms with E-state index in [9.17, 15) is 13.2 Å². The number of halogens is 4. The van der Waals surface area contributed by atoms with Crippen molar-refractivity contribution in [1.82, 2.24) is 5.32 Å². The molecule has 0 atom stereocenters. The van der Waals surface area contributed by atoms with Crippen molar-refractivity contribution in [1.29, 1.82) is 0 Å². The second-order valence-electron chi connectivity index (χ2n) is 3.83. The molecule has 102 valence electrons. The van der Waals surface area contributed by atoms with E-state index in [0.717, 1.165) is 5.56 Å². The molecule has 18 heavy (non-hydrogen) atoms. The normalized spacial score (nSPS) is 11.8. The summed E-state index contributed by atoms with van der Waals surface area (Å²) in [5, 5.41) is 3.78. The highest BCUT2D eigenvalue weighted by Gasteiger charge is 2.27. The van der Waals surface area contributed by atoms with Gasteiger partial charge in [0.2, 0.25) is 0 Å². The van der Waals surface area contributed by atoms with Crippen molar-refractivity contribution in [2.75, 3.05) is 19.8 Å². The Morgan fingerprint density at radius 2 is 2.06 bits per heavy atom. The van der Waals surface area contributed by atoms with Crippen molar-refractivity contribution in [2.24, 2.45) is 0 Å². The molecular formula is C12H15ClF3NO. The molecule has 0 unspecified atom stereocenters. The molecule has 1 aromatic carbocycles. The minimum atomic E-state index is -4.24. The first-order chi connectivity index (χ1) is 8.47. The Hall–Kier alpha value is -0.780. The Balaban J connectivity index is 2.02. The van der Waals surface area contributed by atoms with Crippen molar-refractivity contribution < 1.29 is 17.9 Å². The molecule has 0 spiro atoms. The molecule has 1 rings (SSSR count). The fourth-order valence-electron chi connectivity index (χ4n) is 1.37. The van der Waals surface area contributed by atoms with E-state index < -0.39 is 12.8 Å². The first-order valence-electron chi connectivity index (χ1n) is 5.57. The summed E-state index contributed by atoms with van der Waals surface area (Å²) in [6, 6.07) is 7.41. The molecule has 0 saturated heterocycles. The van der Waals surface area contributed by atoms with Crippen molar-refractivity contribution in [3.63, 3.8) is 0 Å². The van der Waals surface area contributed by atoms with Crippen molar-refractivity contribution >= 4 is 11.6 Å². The van der Waals surface area contributed by atoms with E-state index in [1.54, 1.807) is 6.07 Å². The van der Waals surface area contributed by atoms with E-state index >= 15 is 0 Å². The number of rotatable bonds is 7. The Labute approximate surface area is 109 Å². The molecule has 0 aliphatic heterocycles. The highest BCUT2D eigenvalue weighted by Crippen LogP contribution is 2.14. The first kappa shape index (κ1) is 15.3. The highest BCUT2D eigenvalue weighted by atomic mass is 35.5. The summed E-state index contributed by atoms with van der Waals surface area (Å²) in [7, 11) is 0. The van der Waals surface area contributed by atoms with E-state index in [-0.39, 0.29) is 6.61 Å². The summed E-state index contributed by atoms with van der Waals surface area (Å²) in [5.41, 5.74) is 1.04. The van der Waals surface area contributed by atoms with Gasteiger partial charge in [-0.3, -0.25) is 0 Å². The summed E-state index contributed by atoms with van der Waals surface area (Å²) in [6.45, 7) is 0.160. The van der Waals surface area contributed by atoms with Gasteiger partial charge in [-0.2, -0.15) is 13.2 Å². The quantitative estimate of drug-likeness (QED) is 0.774. The fraction of sp³-hybridized carbons (Fsp3) is 0.500. The Morgan fingerprint density at radius 1 is 1.28 bits per heavy atom. The predicted octanol–water partition coefficient (Wildman–Crippen LogP) is 3.40. The number of nitrogens with one attached hydrogen (secondary N) is 1. The molecule has 0 radical (unpaired) electrons. The lowest BCUT2D eigenvalue weighted by molar-refractivity contribution is -0.173. The topological polar surface area (TPSA) is 21.3 Å². The number of alkyl halides is 3. The zero-order valence-electron chi connectivity index (χ0n) is 9.77. The zero-order chi connectivity index (χ0) is 13.4. The van der Waals surface area contributed by atoms with Crippen LogP contribution in [0, 0.1) is 0 Å². The number of hydrogen-bond donors (Lipinski definition) is 1. The Bertz CT molecular complexity index is 357. The summed E-state index contributed by atoms with van der Waals surface area (Å²) < 4.78 is 39.7. The van der Waals surface area contributed by atoms with Gasteiger partial charge in [0.05, 0.1) is 0 Å². The summed E-state index contributed by atoms with van der Waals surface area (Å²) in [6.07, 6.45) is -3.70. The van der Waals surface area contributed by atoms with Crippen molar-refractivity contribution in [3.05, 3.63) is 34.9 Å². The molecule has 2 nitrogen and oxygen atoms in total. The molecule has 6 heteroatoms. The van der Waals surface area contributed by atoms with Gasteiger partial charge >= 0.3 is 6.18 Å². The van der Waals surface area contributed by atoms with Crippen LogP contribution in [-0.2, 0) is 11.3 Å². The van der Waals surface area contributed by atoms with E-state index in [1.807, 2.05) is 18.2 Å². The maximum absolute atomic E-state index is 11.7. The van der Waals surface area contributed by atoms with E-state index in [4.69, 9.17) is 11.6 Å². The molecule has 0 aromatic heterocycles. The Morgan fingerprint density at radius 3 is 2.72 bits per heavy atom. The molecule has 0 aliphatic carbocycles. The SMILES string of the molecule is FC(F)(F)COCCCNCc1cccc(Cl)c1. The first-order valence-corrected chi connectivity index (χ1v) is 5.95. The maximum atomic E-state index is 11.7. The van der Waals surface area contributed by atoms with Crippen LogP contribution in [0.3, 0.4) is 0 Å². The molecule has 0 amide bonds. The van der Waals surface area contributed by atoms with Crippen LogP contribution in [0.2, 0.25) is 5.02 Å². The smallest absolute Gasteiger partial charge is 0.372 e. The monoisotopic (exact) mass is 281 g/mol. The number of hydrogen-bond acceptors (Lipinski definition) is 2. The van der Waals surface area contributed by atoms with Crippen LogP contribution < -0.4 is 5.32 Å². The third-order valence-electron chi connectivity index (χ3n) is 2.13. The Kier molecular flexibility index (Phi) is 6.46. The molecule has 0 saturated carbocycles. The average molecular weight is 282 g/mol. The molecule has 0 heterocycles. The van der Waals surface area contributed by atoms with E-state index in [2.05, 4.69) is 10.1 Å². The second kappa shape index (κ2) is 7.61. The van der Waals surface area contributed by atoms with Crippen LogP contribution in [0.25, 0.3) is 0 Å². The molecule has 1 aromatic rings. The van der Waals surface area contributed by atoms with E-state index in [1.165, 1.54) is 0 Å². The van der Waals surface area contributed by atoms with Crippen molar-refractivity contribution in [2.45, 2.75) is 19.1 Å². The minimum absolute atomic E-state index is 0.0993. The van der Waals surface area contributed by atoms with Crippen LogP contribution in [0.5, 0.6) is 0 Å². The summed E-state index contributed by atoms with van der Waals surface area (Å²) >= 11 is 5.81. The third kappa shape index (κ3) is 7.53. The average Bonchev–Trinajstić information content (AvgIpc) is 2.26. The van der Waals surface area contributed by atoms with Gasteiger partial charge in [0.1, 0.15) is 6.61 Å².